The van der Waals surface area contributed by atoms with Crippen LogP contribution in [0.2, 0.25) is 0 Å². The molecule has 0 aromatic carbocycles. The Bertz CT molecular complexity index is 699. The van der Waals surface area contributed by atoms with E-state index in [9.17, 15) is 0 Å². The molecule has 0 rings (SSSR count). The zero-order valence-electron chi connectivity index (χ0n) is 35.4. The highest BCUT2D eigenvalue weighted by atomic mass is 14.6. The third-order valence-electron chi connectivity index (χ3n) is 14.4. The van der Waals surface area contributed by atoms with E-state index in [1.54, 1.807) is 0 Å². The highest BCUT2D eigenvalue weighted by molar-refractivity contribution is 5.01. The maximum atomic E-state index is 2.64. The Morgan fingerprint density at radius 3 is 0.956 bits per heavy atom. The average molecular weight is 635 g/mol. The molecule has 0 N–H and O–H groups in total. The molecule has 4 unspecified atom stereocenters. The zero-order valence-corrected chi connectivity index (χ0v) is 35.4. The molecule has 0 heteroatoms. The monoisotopic (exact) mass is 635 g/mol. The lowest BCUT2D eigenvalue weighted by molar-refractivity contribution is -0.0716. The molecule has 0 amide bonds. The van der Waals surface area contributed by atoms with Crippen molar-refractivity contribution in [1.29, 1.82) is 0 Å². The predicted molar refractivity (Wildman–Crippen MR) is 212 cm³/mol. The van der Waals surface area contributed by atoms with Crippen molar-refractivity contribution < 1.29 is 0 Å². The average Bonchev–Trinajstić information content (AvgIpc) is 3.00. The molecule has 0 saturated heterocycles. The van der Waals surface area contributed by atoms with E-state index in [1.165, 1.54) is 135 Å². The van der Waals surface area contributed by atoms with E-state index >= 15 is 0 Å². The van der Waals surface area contributed by atoms with Crippen LogP contribution in [0.3, 0.4) is 0 Å². The third-order valence-corrected chi connectivity index (χ3v) is 14.4. The summed E-state index contributed by atoms with van der Waals surface area (Å²) >= 11 is 0. The molecule has 0 spiro atoms. The van der Waals surface area contributed by atoms with Crippen LogP contribution in [0.25, 0.3) is 0 Å². The van der Waals surface area contributed by atoms with Crippen LogP contribution in [0.1, 0.15) is 253 Å². The second-order valence-electron chi connectivity index (χ2n) is 18.4. The second kappa shape index (κ2) is 22.6. The fourth-order valence-electron chi connectivity index (χ4n) is 9.12. The highest BCUT2D eigenvalue weighted by Crippen LogP contribution is 2.61. The third kappa shape index (κ3) is 13.8. The van der Waals surface area contributed by atoms with Crippen LogP contribution in [0.4, 0.5) is 0 Å². The van der Waals surface area contributed by atoms with Crippen molar-refractivity contribution in [2.24, 2.45) is 38.4 Å². The van der Waals surface area contributed by atoms with Gasteiger partial charge in [-0.05, 0) is 76.9 Å². The number of unbranched alkanes of at least 4 members (excludes halogenated alkanes) is 6. The van der Waals surface area contributed by atoms with E-state index in [1.807, 2.05) is 0 Å². The van der Waals surface area contributed by atoms with E-state index in [-0.39, 0.29) is 0 Å². The Hall–Kier alpha value is 0. The Morgan fingerprint density at radius 2 is 0.667 bits per heavy atom. The lowest BCUT2D eigenvalue weighted by atomic mass is 9.48. The van der Waals surface area contributed by atoms with E-state index in [0.29, 0.717) is 32.5 Å². The highest BCUT2D eigenvalue weighted by Gasteiger charge is 2.52. The molecule has 0 radical (unpaired) electrons. The first-order valence-electron chi connectivity index (χ1n) is 20.8. The molecule has 0 heterocycles. The van der Waals surface area contributed by atoms with Crippen LogP contribution in [-0.4, -0.2) is 0 Å². The fourth-order valence-corrected chi connectivity index (χ4v) is 9.12. The minimum Gasteiger partial charge on any atom is -0.0654 e. The van der Waals surface area contributed by atoms with Gasteiger partial charge in [0.1, 0.15) is 0 Å². The van der Waals surface area contributed by atoms with Crippen molar-refractivity contribution >= 4 is 0 Å². The van der Waals surface area contributed by atoms with Crippen LogP contribution >= 0.6 is 0 Å². The van der Waals surface area contributed by atoms with Gasteiger partial charge in [-0.1, -0.05) is 214 Å². The molecule has 0 aromatic heterocycles. The quantitative estimate of drug-likeness (QED) is 0.0830. The molecule has 0 aliphatic carbocycles. The maximum absolute atomic E-state index is 2.64. The summed E-state index contributed by atoms with van der Waals surface area (Å²) in [5.41, 5.74) is 2.71. The normalized spacial score (nSPS) is 18.0. The van der Waals surface area contributed by atoms with Crippen molar-refractivity contribution in [3.63, 3.8) is 0 Å². The van der Waals surface area contributed by atoms with Crippen LogP contribution in [-0.2, 0) is 0 Å². The summed E-state index contributed by atoms with van der Waals surface area (Å²) in [6.45, 7) is 42.0. The first kappa shape index (κ1) is 47.1. The van der Waals surface area contributed by atoms with Gasteiger partial charge >= 0.3 is 0 Å². The molecular weight excluding hydrogens is 540 g/mol. The Balaban J connectivity index is 0. The summed E-state index contributed by atoms with van der Waals surface area (Å²) in [6.07, 6.45) is 28.8. The Kier molecular flexibility index (Phi) is 23.7. The van der Waals surface area contributed by atoms with Gasteiger partial charge in [0, 0.05) is 0 Å². The molecule has 45 heavy (non-hydrogen) atoms. The summed E-state index contributed by atoms with van der Waals surface area (Å²) in [5, 5.41) is 0. The van der Waals surface area contributed by atoms with Crippen LogP contribution in [0.5, 0.6) is 0 Å². The van der Waals surface area contributed by atoms with Crippen molar-refractivity contribution in [3.8, 4) is 0 Å². The van der Waals surface area contributed by atoms with Gasteiger partial charge in [-0.15, -0.1) is 0 Å². The molecule has 0 fully saturated rings. The van der Waals surface area contributed by atoms with Gasteiger partial charge in [-0.3, -0.25) is 0 Å². The van der Waals surface area contributed by atoms with Gasteiger partial charge in [0.2, 0.25) is 0 Å². The van der Waals surface area contributed by atoms with Gasteiger partial charge in [-0.2, -0.15) is 0 Å². The number of hydrogen-bond acceptors (Lipinski definition) is 0. The lowest BCUT2D eigenvalue weighted by Gasteiger charge is -2.57. The lowest BCUT2D eigenvalue weighted by Crippen LogP contribution is -2.48. The molecule has 0 bridgehead atoms. The van der Waals surface area contributed by atoms with Gasteiger partial charge in [0.15, 0.2) is 0 Å². The Labute approximate surface area is 290 Å². The first-order valence-corrected chi connectivity index (χ1v) is 20.8. The summed E-state index contributed by atoms with van der Waals surface area (Å²) in [5.74, 6) is 0.835. The molecule has 4 atom stereocenters. The van der Waals surface area contributed by atoms with E-state index < -0.39 is 0 Å². The molecule has 274 valence electrons. The molecule has 0 saturated carbocycles. The van der Waals surface area contributed by atoms with Crippen LogP contribution in [0.15, 0.2) is 0 Å². The topological polar surface area (TPSA) is 0 Å². The SMILES string of the molecule is CCCCC(C)(C)C(C)(CCCC(C)C)C(C)(CC)CCCC.CCCCCC(C)(C(C)(C)CCCC)C(C)(CC)CCCC. The molecular formula is C45H94. The van der Waals surface area contributed by atoms with Gasteiger partial charge < -0.3 is 0 Å². The van der Waals surface area contributed by atoms with Crippen molar-refractivity contribution in [2.75, 3.05) is 0 Å². The molecule has 0 aromatic rings. The smallest absolute Gasteiger partial charge is 0.0221 e. The summed E-state index contributed by atoms with van der Waals surface area (Å²) in [7, 11) is 0. The number of hydrogen-bond donors (Lipinski definition) is 0. The van der Waals surface area contributed by atoms with Crippen LogP contribution in [0, 0.1) is 38.4 Å². The molecule has 0 nitrogen and oxygen atoms in total. The summed E-state index contributed by atoms with van der Waals surface area (Å²) in [6, 6.07) is 0. The largest absolute Gasteiger partial charge is 0.0654 e. The Morgan fingerprint density at radius 1 is 0.356 bits per heavy atom. The summed E-state index contributed by atoms with van der Waals surface area (Å²) < 4.78 is 0. The fraction of sp³-hybridized carbons (Fsp3) is 1.00. The van der Waals surface area contributed by atoms with Crippen molar-refractivity contribution in [2.45, 2.75) is 253 Å². The van der Waals surface area contributed by atoms with Gasteiger partial charge in [0.05, 0.1) is 0 Å². The van der Waals surface area contributed by atoms with Crippen molar-refractivity contribution in [1.82, 2.24) is 0 Å². The van der Waals surface area contributed by atoms with Crippen LogP contribution < -0.4 is 0 Å². The van der Waals surface area contributed by atoms with Gasteiger partial charge in [-0.25, -0.2) is 0 Å². The second-order valence-corrected chi connectivity index (χ2v) is 18.4. The van der Waals surface area contributed by atoms with Gasteiger partial charge in [0.25, 0.3) is 0 Å². The van der Waals surface area contributed by atoms with Crippen molar-refractivity contribution in [3.05, 3.63) is 0 Å². The molecule has 0 aliphatic rings. The molecule has 0 aliphatic heterocycles. The van der Waals surface area contributed by atoms with E-state index in [2.05, 4.69) is 118 Å². The zero-order chi connectivity index (χ0) is 35.4. The first-order chi connectivity index (χ1) is 20.8. The summed E-state index contributed by atoms with van der Waals surface area (Å²) in [4.78, 5) is 0. The standard InChI is InChI=1S/C23H48.C22H46/c1-10-13-17-21(6,7)23(9,19-15-16-20(4)5)22(8,12-3)18-14-11-2;1-9-13-16-19-22(8,20(5,6)17-14-10-2)21(7,12-4)18-15-11-3/h20H,10-19H2,1-9H3;9-19H2,1-8H3. The van der Waals surface area contributed by atoms with E-state index in [0.717, 1.165) is 5.92 Å². The maximum Gasteiger partial charge on any atom is -0.0221 e. The predicted octanol–water partition coefficient (Wildman–Crippen LogP) is 17.0. The number of rotatable bonds is 26. The minimum absolute atomic E-state index is 0.429. The minimum atomic E-state index is 0.429. The van der Waals surface area contributed by atoms with E-state index in [4.69, 9.17) is 0 Å².